The summed E-state index contributed by atoms with van der Waals surface area (Å²) in [5.74, 6) is -1.68. The van der Waals surface area contributed by atoms with E-state index in [0.29, 0.717) is 5.56 Å². The van der Waals surface area contributed by atoms with Gasteiger partial charge < -0.3 is 30.3 Å². The van der Waals surface area contributed by atoms with E-state index in [1.165, 1.54) is 19.2 Å². The predicted molar refractivity (Wildman–Crippen MR) is 162 cm³/mol. The zero-order valence-corrected chi connectivity index (χ0v) is 25.1. The average Bonchev–Trinajstić information content (AvgIpc) is 3.29. The standard InChI is InChI=1S/C33H37N3O8/c1-33(2,3)44-30(39)27(17-20-13-15-21(37)16-14-20)35-29(38)28(36(4)32(41)42)18-34-31(40)43-19-26-24-11-7-5-9-22(24)23-10-6-8-12-25(23)26/h5-16,26-28,37H,17-19H2,1-4H3,(H,34,40)(H,35,38)(H,41,42). The zero-order valence-electron chi connectivity index (χ0n) is 25.1. The lowest BCUT2D eigenvalue weighted by Crippen LogP contribution is -2.56. The number of phenols is 1. The van der Waals surface area contributed by atoms with Gasteiger partial charge in [-0.05, 0) is 60.7 Å². The van der Waals surface area contributed by atoms with Gasteiger partial charge in [0.05, 0.1) is 6.54 Å². The predicted octanol–water partition coefficient (Wildman–Crippen LogP) is 4.28. The number of likely N-dealkylation sites (N-methyl/N-ethyl adjacent to an activating group) is 1. The molecule has 0 bridgehead atoms. The Morgan fingerprint density at radius 3 is 2.02 bits per heavy atom. The van der Waals surface area contributed by atoms with Gasteiger partial charge in [0.1, 0.15) is 30.0 Å². The summed E-state index contributed by atoms with van der Waals surface area (Å²) in [7, 11) is 1.19. The number of nitrogens with zero attached hydrogens (tertiary/aromatic N) is 1. The van der Waals surface area contributed by atoms with E-state index in [4.69, 9.17) is 9.47 Å². The van der Waals surface area contributed by atoms with Crippen molar-refractivity contribution >= 4 is 24.1 Å². The number of phenolic OH excluding ortho intramolecular Hbond substituents is 1. The quantitative estimate of drug-likeness (QED) is 0.251. The minimum Gasteiger partial charge on any atom is -0.508 e. The second-order valence-corrected chi connectivity index (χ2v) is 11.6. The highest BCUT2D eigenvalue weighted by Crippen LogP contribution is 2.44. The molecule has 3 aromatic carbocycles. The van der Waals surface area contributed by atoms with E-state index in [2.05, 4.69) is 10.6 Å². The molecule has 0 aromatic heterocycles. The molecule has 11 heteroatoms. The number of ether oxygens (including phenoxy) is 2. The van der Waals surface area contributed by atoms with Crippen LogP contribution in [-0.4, -0.2) is 77.1 Å². The van der Waals surface area contributed by atoms with Crippen LogP contribution in [0.25, 0.3) is 11.1 Å². The maximum absolute atomic E-state index is 13.4. The minimum absolute atomic E-state index is 0.0181. The molecular weight excluding hydrogens is 566 g/mol. The van der Waals surface area contributed by atoms with Gasteiger partial charge in [0.2, 0.25) is 5.91 Å². The smallest absolute Gasteiger partial charge is 0.407 e. The van der Waals surface area contributed by atoms with Crippen LogP contribution in [0.15, 0.2) is 72.8 Å². The SMILES string of the molecule is CN(C(=O)O)C(CNC(=O)OCC1c2ccccc2-c2ccccc21)C(=O)NC(Cc1ccc(O)cc1)C(=O)OC(C)(C)C. The lowest BCUT2D eigenvalue weighted by molar-refractivity contribution is -0.158. The van der Waals surface area contributed by atoms with Crippen molar-refractivity contribution in [3.8, 4) is 16.9 Å². The monoisotopic (exact) mass is 603 g/mol. The van der Waals surface area contributed by atoms with Gasteiger partial charge in [-0.1, -0.05) is 60.7 Å². The lowest BCUT2D eigenvalue weighted by atomic mass is 9.98. The second kappa shape index (κ2) is 13.5. The molecule has 11 nitrogen and oxygen atoms in total. The highest BCUT2D eigenvalue weighted by molar-refractivity contribution is 5.90. The van der Waals surface area contributed by atoms with Crippen molar-refractivity contribution in [2.24, 2.45) is 0 Å². The molecule has 0 spiro atoms. The Kier molecular flexibility index (Phi) is 9.77. The van der Waals surface area contributed by atoms with Crippen molar-refractivity contribution in [1.29, 1.82) is 0 Å². The van der Waals surface area contributed by atoms with Crippen molar-refractivity contribution in [2.45, 2.75) is 50.8 Å². The summed E-state index contributed by atoms with van der Waals surface area (Å²) >= 11 is 0. The van der Waals surface area contributed by atoms with Gasteiger partial charge in [0.15, 0.2) is 0 Å². The number of carbonyl (C=O) groups excluding carboxylic acids is 3. The molecule has 0 aliphatic heterocycles. The third kappa shape index (κ3) is 7.85. The summed E-state index contributed by atoms with van der Waals surface area (Å²) in [5, 5.41) is 24.3. The molecule has 44 heavy (non-hydrogen) atoms. The van der Waals surface area contributed by atoms with Crippen LogP contribution in [0.3, 0.4) is 0 Å². The molecule has 0 heterocycles. The first-order valence-corrected chi connectivity index (χ1v) is 14.2. The number of alkyl carbamates (subject to hydrolysis) is 1. The summed E-state index contributed by atoms with van der Waals surface area (Å²) in [6.07, 6.45) is -2.22. The number of carboxylic acid groups (broad SMARTS) is 1. The van der Waals surface area contributed by atoms with Gasteiger partial charge in [0, 0.05) is 19.4 Å². The van der Waals surface area contributed by atoms with Gasteiger partial charge in [0.25, 0.3) is 0 Å². The molecule has 4 rings (SSSR count). The fourth-order valence-corrected chi connectivity index (χ4v) is 5.07. The van der Waals surface area contributed by atoms with Gasteiger partial charge in [-0.15, -0.1) is 0 Å². The first kappa shape index (κ1) is 31.9. The third-order valence-corrected chi connectivity index (χ3v) is 7.24. The maximum atomic E-state index is 13.4. The molecule has 0 saturated carbocycles. The van der Waals surface area contributed by atoms with Gasteiger partial charge >= 0.3 is 18.2 Å². The number of aromatic hydroxyl groups is 1. The van der Waals surface area contributed by atoms with Crippen LogP contribution < -0.4 is 10.6 Å². The molecule has 2 atom stereocenters. The van der Waals surface area contributed by atoms with Gasteiger partial charge in [-0.2, -0.15) is 0 Å². The van der Waals surface area contributed by atoms with Crippen molar-refractivity contribution in [1.82, 2.24) is 15.5 Å². The highest BCUT2D eigenvalue weighted by atomic mass is 16.6. The molecule has 2 unspecified atom stereocenters. The molecule has 1 aliphatic carbocycles. The first-order valence-electron chi connectivity index (χ1n) is 14.2. The van der Waals surface area contributed by atoms with Crippen molar-refractivity contribution in [3.63, 3.8) is 0 Å². The largest absolute Gasteiger partial charge is 0.508 e. The number of amides is 3. The average molecular weight is 604 g/mol. The summed E-state index contributed by atoms with van der Waals surface area (Å²) in [6.45, 7) is 4.68. The number of esters is 1. The molecule has 3 aromatic rings. The molecule has 1 aliphatic rings. The summed E-state index contributed by atoms with van der Waals surface area (Å²) in [5.41, 5.74) is 3.99. The van der Waals surface area contributed by atoms with Crippen molar-refractivity contribution in [3.05, 3.63) is 89.5 Å². The van der Waals surface area contributed by atoms with E-state index in [1.54, 1.807) is 32.9 Å². The summed E-state index contributed by atoms with van der Waals surface area (Å²) in [4.78, 5) is 51.8. The summed E-state index contributed by atoms with van der Waals surface area (Å²) in [6, 6.07) is 19.3. The normalized spacial score (nSPS) is 13.5. The number of hydrogen-bond acceptors (Lipinski definition) is 7. The van der Waals surface area contributed by atoms with Crippen molar-refractivity contribution in [2.75, 3.05) is 20.2 Å². The van der Waals surface area contributed by atoms with Crippen LogP contribution >= 0.6 is 0 Å². The first-order chi connectivity index (χ1) is 20.8. The Morgan fingerprint density at radius 2 is 1.48 bits per heavy atom. The number of carbonyl (C=O) groups is 4. The van der Waals surface area contributed by atoms with E-state index < -0.39 is 48.3 Å². The van der Waals surface area contributed by atoms with Crippen LogP contribution in [0.2, 0.25) is 0 Å². The molecule has 232 valence electrons. The highest BCUT2D eigenvalue weighted by Gasteiger charge is 2.34. The molecule has 0 fully saturated rings. The Morgan fingerprint density at radius 1 is 0.909 bits per heavy atom. The molecule has 4 N–H and O–H groups in total. The van der Waals surface area contributed by atoms with Gasteiger partial charge in [-0.3, -0.25) is 9.69 Å². The van der Waals surface area contributed by atoms with E-state index in [-0.39, 0.29) is 24.7 Å². The number of fused-ring (bicyclic) bond motifs is 3. The second-order valence-electron chi connectivity index (χ2n) is 11.6. The summed E-state index contributed by atoms with van der Waals surface area (Å²) < 4.78 is 11.0. The number of benzene rings is 3. The molecule has 0 radical (unpaired) electrons. The topological polar surface area (TPSA) is 154 Å². The molecule has 3 amide bonds. The van der Waals surface area contributed by atoms with E-state index in [0.717, 1.165) is 27.2 Å². The van der Waals surface area contributed by atoms with E-state index in [9.17, 15) is 29.4 Å². The minimum atomic E-state index is -1.41. The number of rotatable bonds is 10. The number of hydrogen-bond donors (Lipinski definition) is 4. The van der Waals surface area contributed by atoms with E-state index in [1.807, 2.05) is 48.5 Å². The van der Waals surface area contributed by atoms with Crippen LogP contribution in [0, 0.1) is 0 Å². The zero-order chi connectivity index (χ0) is 32.0. The third-order valence-electron chi connectivity index (χ3n) is 7.24. The Labute approximate surface area is 255 Å². The van der Waals surface area contributed by atoms with Crippen LogP contribution in [0.1, 0.15) is 43.4 Å². The van der Waals surface area contributed by atoms with Crippen LogP contribution in [-0.2, 0) is 25.5 Å². The Balaban J connectivity index is 1.43. The molecule has 0 saturated heterocycles. The lowest BCUT2D eigenvalue weighted by Gasteiger charge is -2.29. The Bertz CT molecular complexity index is 1470. The fraction of sp³-hybridized carbons (Fsp3) is 0.333. The van der Waals surface area contributed by atoms with Crippen molar-refractivity contribution < 1.29 is 38.9 Å². The number of nitrogens with one attached hydrogen (secondary N) is 2. The molecular formula is C33H37N3O8. The van der Waals surface area contributed by atoms with Gasteiger partial charge in [-0.25, -0.2) is 14.4 Å². The van der Waals surface area contributed by atoms with Crippen LogP contribution in [0.5, 0.6) is 5.75 Å². The van der Waals surface area contributed by atoms with E-state index >= 15 is 0 Å². The van der Waals surface area contributed by atoms with Crippen LogP contribution in [0.4, 0.5) is 9.59 Å². The fourth-order valence-electron chi connectivity index (χ4n) is 5.07. The maximum Gasteiger partial charge on any atom is 0.407 e. The Hall–Kier alpha value is -5.06.